The maximum absolute atomic E-state index is 11.9. The lowest BCUT2D eigenvalue weighted by molar-refractivity contribution is -0.137. The third kappa shape index (κ3) is 5.56. The number of carbonyl (C=O) groups excluding carboxylic acids is 1. The number of carboxylic acid groups (broad SMARTS) is 1. The van der Waals surface area contributed by atoms with Gasteiger partial charge in [-0.1, -0.05) is 13.3 Å². The number of hydrogen-bond donors (Lipinski definition) is 3. The van der Waals surface area contributed by atoms with Crippen molar-refractivity contribution >= 4 is 23.3 Å². The van der Waals surface area contributed by atoms with Crippen molar-refractivity contribution in [2.75, 3.05) is 0 Å². The van der Waals surface area contributed by atoms with Crippen LogP contribution in [0.5, 0.6) is 0 Å². The molecule has 112 valence electrons. The van der Waals surface area contributed by atoms with Crippen LogP contribution < -0.4 is 10.6 Å². The van der Waals surface area contributed by atoms with E-state index in [1.165, 1.54) is 11.3 Å². The van der Waals surface area contributed by atoms with Crippen molar-refractivity contribution in [2.24, 2.45) is 0 Å². The molecule has 3 N–H and O–H groups in total. The number of carbonyl (C=O) groups is 2. The number of thiazole rings is 1. The number of rotatable bonds is 7. The minimum absolute atomic E-state index is 0.0635. The van der Waals surface area contributed by atoms with E-state index in [0.717, 1.165) is 16.3 Å². The fourth-order valence-corrected chi connectivity index (χ4v) is 2.62. The predicted molar refractivity (Wildman–Crippen MR) is 77.9 cm³/mol. The Labute approximate surface area is 122 Å². The van der Waals surface area contributed by atoms with Gasteiger partial charge in [-0.2, -0.15) is 0 Å². The van der Waals surface area contributed by atoms with Gasteiger partial charge in [-0.05, 0) is 20.3 Å². The summed E-state index contributed by atoms with van der Waals surface area (Å²) in [5, 5.41) is 15.1. The van der Waals surface area contributed by atoms with Crippen LogP contribution in [0.2, 0.25) is 0 Å². The molecule has 0 bridgehead atoms. The highest BCUT2D eigenvalue weighted by molar-refractivity contribution is 7.11. The molecule has 1 heterocycles. The monoisotopic (exact) mass is 299 g/mol. The number of aromatic nitrogens is 1. The molecule has 2 amide bonds. The van der Waals surface area contributed by atoms with Gasteiger partial charge in [-0.15, -0.1) is 11.3 Å². The number of aryl methyl sites for hydroxylation is 1. The molecule has 0 saturated heterocycles. The lowest BCUT2D eigenvalue weighted by Gasteiger charge is -2.18. The highest BCUT2D eigenvalue weighted by atomic mass is 32.1. The molecule has 0 saturated carbocycles. The molecule has 2 atom stereocenters. The molecule has 0 fully saturated rings. The quantitative estimate of drug-likeness (QED) is 0.721. The largest absolute Gasteiger partial charge is 0.481 e. The van der Waals surface area contributed by atoms with Gasteiger partial charge in [-0.25, -0.2) is 9.78 Å². The molecule has 20 heavy (non-hydrogen) atoms. The number of aliphatic carboxylic acids is 1. The topological polar surface area (TPSA) is 91.3 Å². The summed E-state index contributed by atoms with van der Waals surface area (Å²) in [6.45, 7) is 5.76. The first-order valence-corrected chi connectivity index (χ1v) is 7.45. The van der Waals surface area contributed by atoms with E-state index < -0.39 is 5.97 Å². The normalized spacial score (nSPS) is 13.6. The summed E-state index contributed by atoms with van der Waals surface area (Å²) in [4.78, 5) is 27.9. The zero-order valence-corrected chi connectivity index (χ0v) is 12.8. The summed E-state index contributed by atoms with van der Waals surface area (Å²) < 4.78 is 0. The molecule has 0 aliphatic heterocycles. The van der Waals surface area contributed by atoms with Gasteiger partial charge in [0.05, 0.1) is 12.5 Å². The maximum atomic E-state index is 11.9. The van der Waals surface area contributed by atoms with Gasteiger partial charge in [0.25, 0.3) is 0 Å². The average molecular weight is 299 g/mol. The number of nitrogens with one attached hydrogen (secondary N) is 2. The van der Waals surface area contributed by atoms with Crippen LogP contribution in [0.1, 0.15) is 49.0 Å². The highest BCUT2D eigenvalue weighted by Crippen LogP contribution is 2.18. The van der Waals surface area contributed by atoms with Crippen LogP contribution in [0.3, 0.4) is 0 Å². The Kier molecular flexibility index (Phi) is 6.44. The number of hydrogen-bond acceptors (Lipinski definition) is 4. The van der Waals surface area contributed by atoms with E-state index in [1.54, 1.807) is 6.20 Å². The average Bonchev–Trinajstić information content (AvgIpc) is 2.75. The second-order valence-corrected chi connectivity index (χ2v) is 6.00. The summed E-state index contributed by atoms with van der Waals surface area (Å²) in [7, 11) is 0. The molecule has 1 rings (SSSR count). The van der Waals surface area contributed by atoms with Gasteiger partial charge in [0.15, 0.2) is 0 Å². The number of nitrogens with zero attached hydrogens (tertiary/aromatic N) is 1. The Balaban J connectivity index is 2.50. The molecule has 0 aliphatic carbocycles. The van der Waals surface area contributed by atoms with E-state index in [2.05, 4.69) is 15.6 Å². The molecule has 7 heteroatoms. The van der Waals surface area contributed by atoms with Crippen LogP contribution in [0.15, 0.2) is 6.20 Å². The molecule has 0 radical (unpaired) electrons. The Hall–Kier alpha value is -1.63. The first-order chi connectivity index (χ1) is 9.42. The van der Waals surface area contributed by atoms with Crippen LogP contribution >= 0.6 is 11.3 Å². The molecule has 1 aromatic heterocycles. The second-order valence-electron chi connectivity index (χ2n) is 4.73. The van der Waals surface area contributed by atoms with Gasteiger partial charge >= 0.3 is 12.0 Å². The predicted octanol–water partition coefficient (Wildman–Crippen LogP) is 2.46. The van der Waals surface area contributed by atoms with Crippen molar-refractivity contribution in [3.05, 3.63) is 16.1 Å². The molecule has 6 nitrogen and oxygen atoms in total. The van der Waals surface area contributed by atoms with Crippen molar-refractivity contribution in [1.29, 1.82) is 0 Å². The van der Waals surface area contributed by atoms with Crippen molar-refractivity contribution in [2.45, 2.75) is 52.1 Å². The van der Waals surface area contributed by atoms with E-state index in [1.807, 2.05) is 20.8 Å². The number of carboxylic acids is 1. The zero-order valence-electron chi connectivity index (χ0n) is 12.0. The fraction of sp³-hybridized carbons (Fsp3) is 0.615. The zero-order chi connectivity index (χ0) is 15.1. The van der Waals surface area contributed by atoms with Crippen LogP contribution in [-0.2, 0) is 4.79 Å². The van der Waals surface area contributed by atoms with E-state index in [-0.39, 0.29) is 24.5 Å². The Bertz CT molecular complexity index is 461. The molecular formula is C13H21N3O3S. The van der Waals surface area contributed by atoms with E-state index in [4.69, 9.17) is 5.11 Å². The number of amides is 2. The molecule has 2 unspecified atom stereocenters. The van der Waals surface area contributed by atoms with E-state index in [9.17, 15) is 9.59 Å². The molecule has 0 spiro atoms. The first kappa shape index (κ1) is 16.4. The van der Waals surface area contributed by atoms with Crippen LogP contribution in [-0.4, -0.2) is 28.1 Å². The van der Waals surface area contributed by atoms with E-state index >= 15 is 0 Å². The van der Waals surface area contributed by atoms with Crippen molar-refractivity contribution in [3.63, 3.8) is 0 Å². The lowest BCUT2D eigenvalue weighted by Crippen LogP contribution is -2.43. The van der Waals surface area contributed by atoms with Crippen LogP contribution in [0.4, 0.5) is 4.79 Å². The lowest BCUT2D eigenvalue weighted by atomic mass is 10.1. The van der Waals surface area contributed by atoms with Crippen molar-refractivity contribution in [1.82, 2.24) is 15.6 Å². The van der Waals surface area contributed by atoms with Crippen molar-refractivity contribution in [3.8, 4) is 0 Å². The highest BCUT2D eigenvalue weighted by Gasteiger charge is 2.17. The Morgan fingerprint density at radius 3 is 2.65 bits per heavy atom. The third-order valence-electron chi connectivity index (χ3n) is 2.75. The summed E-state index contributed by atoms with van der Waals surface area (Å²) in [6.07, 6.45) is 3.16. The summed E-state index contributed by atoms with van der Waals surface area (Å²) in [5.74, 6) is -0.910. The first-order valence-electron chi connectivity index (χ1n) is 6.63. The minimum Gasteiger partial charge on any atom is -0.481 e. The van der Waals surface area contributed by atoms with Gasteiger partial charge < -0.3 is 15.7 Å². The molecule has 0 aliphatic rings. The third-order valence-corrected chi connectivity index (χ3v) is 3.85. The summed E-state index contributed by atoms with van der Waals surface area (Å²) in [5.41, 5.74) is 0. The Morgan fingerprint density at radius 1 is 1.45 bits per heavy atom. The smallest absolute Gasteiger partial charge is 0.315 e. The van der Waals surface area contributed by atoms with Gasteiger partial charge in [-0.3, -0.25) is 4.79 Å². The van der Waals surface area contributed by atoms with Crippen LogP contribution in [0, 0.1) is 6.92 Å². The SMILES string of the molecule is CCCC(CC(=O)O)NC(=O)NC(C)c1ncc(C)s1. The summed E-state index contributed by atoms with van der Waals surface area (Å²) >= 11 is 1.53. The van der Waals surface area contributed by atoms with Gasteiger partial charge in [0, 0.05) is 17.1 Å². The standard InChI is InChI=1S/C13H21N3O3S/c1-4-5-10(6-11(17)18)16-13(19)15-9(3)12-14-7-8(2)20-12/h7,9-10H,4-6H2,1-3H3,(H,17,18)(H2,15,16,19). The molecule has 1 aromatic rings. The van der Waals surface area contributed by atoms with Gasteiger partial charge in [0.2, 0.25) is 0 Å². The van der Waals surface area contributed by atoms with Crippen molar-refractivity contribution < 1.29 is 14.7 Å². The maximum Gasteiger partial charge on any atom is 0.315 e. The van der Waals surface area contributed by atoms with E-state index in [0.29, 0.717) is 6.42 Å². The summed E-state index contributed by atoms with van der Waals surface area (Å²) in [6, 6.07) is -0.895. The van der Waals surface area contributed by atoms with Gasteiger partial charge in [0.1, 0.15) is 5.01 Å². The minimum atomic E-state index is -0.910. The molecular weight excluding hydrogens is 278 g/mol. The Morgan fingerprint density at radius 2 is 2.15 bits per heavy atom. The fourth-order valence-electron chi connectivity index (χ4n) is 1.84. The number of urea groups is 1. The second kappa shape index (κ2) is 7.84. The van der Waals surface area contributed by atoms with Crippen LogP contribution in [0.25, 0.3) is 0 Å². The molecule has 0 aromatic carbocycles.